The smallest absolute Gasteiger partial charge is 0.255 e. The van der Waals surface area contributed by atoms with Gasteiger partial charge >= 0.3 is 0 Å². The van der Waals surface area contributed by atoms with E-state index >= 15 is 0 Å². The Morgan fingerprint density at radius 3 is 2.67 bits per heavy atom. The summed E-state index contributed by atoms with van der Waals surface area (Å²) in [6.45, 7) is 4.10. The summed E-state index contributed by atoms with van der Waals surface area (Å²) >= 11 is 1.72. The number of rotatable bonds is 10. The topological polar surface area (TPSA) is 50.8 Å². The lowest BCUT2D eigenvalue weighted by molar-refractivity contribution is 0.0929. The van der Waals surface area contributed by atoms with E-state index in [4.69, 9.17) is 9.47 Å². The Kier molecular flexibility index (Phi) is 7.88. The predicted molar refractivity (Wildman–Crippen MR) is 121 cm³/mol. The van der Waals surface area contributed by atoms with Crippen LogP contribution in [0.5, 0.6) is 11.5 Å². The van der Waals surface area contributed by atoms with Gasteiger partial charge in [0.2, 0.25) is 0 Å². The summed E-state index contributed by atoms with van der Waals surface area (Å²) in [5.41, 5.74) is 3.03. The van der Waals surface area contributed by atoms with Crippen LogP contribution in [0.4, 0.5) is 0 Å². The van der Waals surface area contributed by atoms with Crippen LogP contribution in [-0.2, 0) is 13.1 Å². The van der Waals surface area contributed by atoms with Crippen molar-refractivity contribution in [1.82, 2.24) is 10.2 Å². The third-order valence-corrected chi connectivity index (χ3v) is 5.35. The van der Waals surface area contributed by atoms with Crippen molar-refractivity contribution in [2.75, 3.05) is 20.7 Å². The molecule has 1 N–H and O–H groups in total. The minimum atomic E-state index is -0.174. The molecule has 0 spiro atoms. The standard InChI is InChI=1S/C24H28N2O3S/c1-18(14-25-24(27)22-9-4-5-10-23(22)28-3)29-21-8-6-7-19(13-21)15-26(2)16-20-11-12-30-17-20/h4-13,17-18H,14-16H2,1-3H3,(H,25,27)/t18-/m1/s1. The average molecular weight is 425 g/mol. The highest BCUT2D eigenvalue weighted by Gasteiger charge is 2.13. The second kappa shape index (κ2) is 10.8. The molecule has 3 rings (SSSR count). The molecule has 0 radical (unpaired) electrons. The molecule has 30 heavy (non-hydrogen) atoms. The van der Waals surface area contributed by atoms with Crippen LogP contribution in [0.2, 0.25) is 0 Å². The zero-order valence-corrected chi connectivity index (χ0v) is 18.4. The second-order valence-electron chi connectivity index (χ2n) is 7.29. The maximum absolute atomic E-state index is 12.4. The minimum Gasteiger partial charge on any atom is -0.496 e. The number of methoxy groups -OCH3 is 1. The second-order valence-corrected chi connectivity index (χ2v) is 8.07. The Labute approximate surface area is 182 Å². The summed E-state index contributed by atoms with van der Waals surface area (Å²) in [5.74, 6) is 1.19. The molecule has 0 aliphatic rings. The molecule has 6 heteroatoms. The van der Waals surface area contributed by atoms with Crippen LogP contribution in [0.25, 0.3) is 0 Å². The molecule has 1 heterocycles. The molecule has 0 aliphatic carbocycles. The fourth-order valence-electron chi connectivity index (χ4n) is 3.22. The third kappa shape index (κ3) is 6.34. The lowest BCUT2D eigenvalue weighted by atomic mass is 10.2. The van der Waals surface area contributed by atoms with E-state index in [0.717, 1.165) is 18.8 Å². The first-order chi connectivity index (χ1) is 14.5. The fourth-order valence-corrected chi connectivity index (χ4v) is 3.88. The van der Waals surface area contributed by atoms with Gasteiger partial charge in [0.25, 0.3) is 5.91 Å². The number of carbonyl (C=O) groups excluding carboxylic acids is 1. The van der Waals surface area contributed by atoms with Gasteiger partial charge in [-0.3, -0.25) is 9.69 Å². The average Bonchev–Trinajstić information content (AvgIpc) is 3.25. The quantitative estimate of drug-likeness (QED) is 0.517. The first-order valence-electron chi connectivity index (χ1n) is 9.91. The van der Waals surface area contributed by atoms with Crippen LogP contribution in [0.15, 0.2) is 65.4 Å². The SMILES string of the molecule is COc1ccccc1C(=O)NC[C@@H](C)Oc1cccc(CN(C)Cc2ccsc2)c1. The van der Waals surface area contributed by atoms with Crippen molar-refractivity contribution in [2.45, 2.75) is 26.1 Å². The molecule has 0 fully saturated rings. The number of carbonyl (C=O) groups is 1. The van der Waals surface area contributed by atoms with Gasteiger partial charge in [-0.25, -0.2) is 0 Å². The molecule has 1 atom stereocenters. The molecule has 158 valence electrons. The van der Waals surface area contributed by atoms with Crippen molar-refractivity contribution >= 4 is 17.2 Å². The van der Waals surface area contributed by atoms with Crippen molar-refractivity contribution in [3.63, 3.8) is 0 Å². The summed E-state index contributed by atoms with van der Waals surface area (Å²) in [7, 11) is 3.67. The number of hydrogen-bond donors (Lipinski definition) is 1. The van der Waals surface area contributed by atoms with E-state index in [9.17, 15) is 4.79 Å². The fraction of sp³-hybridized carbons (Fsp3) is 0.292. The Bertz CT molecular complexity index is 943. The largest absolute Gasteiger partial charge is 0.496 e. The Morgan fingerprint density at radius 2 is 1.90 bits per heavy atom. The molecule has 0 bridgehead atoms. The molecule has 0 unspecified atom stereocenters. The highest BCUT2D eigenvalue weighted by molar-refractivity contribution is 7.07. The summed E-state index contributed by atoms with van der Waals surface area (Å²) in [5, 5.41) is 7.19. The van der Waals surface area contributed by atoms with E-state index in [1.165, 1.54) is 11.1 Å². The predicted octanol–water partition coefficient (Wildman–Crippen LogP) is 4.59. The van der Waals surface area contributed by atoms with Crippen molar-refractivity contribution in [3.05, 3.63) is 82.0 Å². The van der Waals surface area contributed by atoms with Gasteiger partial charge < -0.3 is 14.8 Å². The van der Waals surface area contributed by atoms with Crippen LogP contribution in [0.1, 0.15) is 28.4 Å². The molecule has 1 aromatic heterocycles. The van der Waals surface area contributed by atoms with E-state index < -0.39 is 0 Å². The van der Waals surface area contributed by atoms with Gasteiger partial charge in [-0.1, -0.05) is 24.3 Å². The molecule has 5 nitrogen and oxygen atoms in total. The van der Waals surface area contributed by atoms with Gasteiger partial charge in [-0.05, 0) is 66.2 Å². The molecule has 1 amide bonds. The minimum absolute atomic E-state index is 0.164. The van der Waals surface area contributed by atoms with Crippen LogP contribution in [-0.4, -0.2) is 37.6 Å². The van der Waals surface area contributed by atoms with Crippen LogP contribution < -0.4 is 14.8 Å². The van der Waals surface area contributed by atoms with Crippen molar-refractivity contribution in [3.8, 4) is 11.5 Å². The lowest BCUT2D eigenvalue weighted by Gasteiger charge is -2.19. The first-order valence-corrected chi connectivity index (χ1v) is 10.9. The van der Waals surface area contributed by atoms with E-state index in [1.807, 2.05) is 31.2 Å². The monoisotopic (exact) mass is 424 g/mol. The number of benzene rings is 2. The van der Waals surface area contributed by atoms with Crippen molar-refractivity contribution in [1.29, 1.82) is 0 Å². The number of hydrogen-bond acceptors (Lipinski definition) is 5. The molecule has 0 aliphatic heterocycles. The highest BCUT2D eigenvalue weighted by atomic mass is 32.1. The first kappa shape index (κ1) is 21.9. The number of para-hydroxylation sites is 1. The molecule has 2 aromatic carbocycles. The van der Waals surface area contributed by atoms with Crippen molar-refractivity contribution in [2.24, 2.45) is 0 Å². The zero-order valence-electron chi connectivity index (χ0n) is 17.6. The van der Waals surface area contributed by atoms with E-state index in [1.54, 1.807) is 30.6 Å². The van der Waals surface area contributed by atoms with E-state index in [-0.39, 0.29) is 12.0 Å². The number of thiophene rings is 1. The maximum Gasteiger partial charge on any atom is 0.255 e. The van der Waals surface area contributed by atoms with Crippen molar-refractivity contribution < 1.29 is 14.3 Å². The summed E-state index contributed by atoms with van der Waals surface area (Å²) in [4.78, 5) is 14.7. The van der Waals surface area contributed by atoms with Crippen LogP contribution >= 0.6 is 11.3 Å². The number of amides is 1. The van der Waals surface area contributed by atoms with Crippen LogP contribution in [0, 0.1) is 0 Å². The summed E-state index contributed by atoms with van der Waals surface area (Å²) in [6.07, 6.45) is -0.164. The van der Waals surface area contributed by atoms with Gasteiger partial charge in [0.15, 0.2) is 0 Å². The van der Waals surface area contributed by atoms with Gasteiger partial charge in [0.05, 0.1) is 19.2 Å². The molecule has 0 saturated carbocycles. The van der Waals surface area contributed by atoms with E-state index in [2.05, 4.69) is 46.2 Å². The Morgan fingerprint density at radius 1 is 1.10 bits per heavy atom. The third-order valence-electron chi connectivity index (χ3n) is 4.62. The summed E-state index contributed by atoms with van der Waals surface area (Å²) in [6, 6.07) is 17.4. The number of ether oxygens (including phenoxy) is 2. The molecule has 0 saturated heterocycles. The number of nitrogens with one attached hydrogen (secondary N) is 1. The van der Waals surface area contributed by atoms with E-state index in [0.29, 0.717) is 17.9 Å². The van der Waals surface area contributed by atoms with Gasteiger partial charge in [-0.2, -0.15) is 11.3 Å². The van der Waals surface area contributed by atoms with Crippen LogP contribution in [0.3, 0.4) is 0 Å². The normalized spacial score (nSPS) is 11.9. The zero-order chi connectivity index (χ0) is 21.3. The molecule has 3 aromatic rings. The highest BCUT2D eigenvalue weighted by Crippen LogP contribution is 2.19. The maximum atomic E-state index is 12.4. The molecular formula is C24H28N2O3S. The lowest BCUT2D eigenvalue weighted by Crippen LogP contribution is -2.33. The molecular weight excluding hydrogens is 396 g/mol. The number of nitrogens with zero attached hydrogens (tertiary/aromatic N) is 1. The Hall–Kier alpha value is -2.83. The van der Waals surface area contributed by atoms with Gasteiger partial charge in [0.1, 0.15) is 17.6 Å². The van der Waals surface area contributed by atoms with Gasteiger partial charge in [0, 0.05) is 13.1 Å². The van der Waals surface area contributed by atoms with Gasteiger partial charge in [-0.15, -0.1) is 0 Å². The summed E-state index contributed by atoms with van der Waals surface area (Å²) < 4.78 is 11.3. The Balaban J connectivity index is 1.50.